The SMILES string of the molecule is Cc1ccc(C(c2sc3ncnn3c2O)N2CCC3(CC2)OCCO3)cc1. The van der Waals surface area contributed by atoms with Crippen LogP contribution in [0.4, 0.5) is 0 Å². The number of ether oxygens (including phenoxy) is 2. The first-order valence-electron chi connectivity index (χ1n) is 9.25. The van der Waals surface area contributed by atoms with Crippen LogP contribution in [0, 0.1) is 6.92 Å². The second kappa shape index (κ2) is 6.56. The van der Waals surface area contributed by atoms with Crippen molar-refractivity contribution in [2.75, 3.05) is 26.3 Å². The van der Waals surface area contributed by atoms with E-state index < -0.39 is 5.79 Å². The van der Waals surface area contributed by atoms with E-state index in [2.05, 4.69) is 46.2 Å². The van der Waals surface area contributed by atoms with E-state index in [0.717, 1.165) is 36.4 Å². The van der Waals surface area contributed by atoms with Crippen LogP contribution < -0.4 is 0 Å². The zero-order chi connectivity index (χ0) is 18.4. The van der Waals surface area contributed by atoms with Crippen molar-refractivity contribution in [2.24, 2.45) is 0 Å². The summed E-state index contributed by atoms with van der Waals surface area (Å²) < 4.78 is 13.3. The molecule has 0 aliphatic carbocycles. The van der Waals surface area contributed by atoms with E-state index >= 15 is 0 Å². The molecule has 1 spiro atoms. The van der Waals surface area contributed by atoms with Crippen LogP contribution in [0.1, 0.15) is 34.9 Å². The number of piperidine rings is 1. The lowest BCUT2D eigenvalue weighted by Gasteiger charge is -2.41. The predicted molar refractivity (Wildman–Crippen MR) is 101 cm³/mol. The van der Waals surface area contributed by atoms with Gasteiger partial charge in [0.15, 0.2) is 5.79 Å². The average molecular weight is 386 g/mol. The van der Waals surface area contributed by atoms with Gasteiger partial charge in [-0.2, -0.15) is 9.61 Å². The van der Waals surface area contributed by atoms with Crippen LogP contribution >= 0.6 is 11.3 Å². The fraction of sp³-hybridized carbons (Fsp3) is 0.474. The highest BCUT2D eigenvalue weighted by Gasteiger charge is 2.42. The Bertz CT molecular complexity index is 936. The van der Waals surface area contributed by atoms with Gasteiger partial charge >= 0.3 is 0 Å². The number of hydrogen-bond acceptors (Lipinski definition) is 7. The van der Waals surface area contributed by atoms with Crippen molar-refractivity contribution in [2.45, 2.75) is 31.6 Å². The Labute approximate surface area is 161 Å². The molecule has 142 valence electrons. The van der Waals surface area contributed by atoms with Gasteiger partial charge in [0.25, 0.3) is 0 Å². The minimum atomic E-state index is -0.415. The molecule has 8 heteroatoms. The molecule has 4 heterocycles. The number of benzene rings is 1. The summed E-state index contributed by atoms with van der Waals surface area (Å²) >= 11 is 1.49. The fourth-order valence-corrected chi connectivity index (χ4v) is 5.15. The summed E-state index contributed by atoms with van der Waals surface area (Å²) in [5, 5.41) is 14.9. The first-order valence-corrected chi connectivity index (χ1v) is 10.1. The first kappa shape index (κ1) is 17.1. The number of aromatic hydroxyl groups is 1. The fourth-order valence-electron chi connectivity index (χ4n) is 4.06. The van der Waals surface area contributed by atoms with Gasteiger partial charge in [-0.3, -0.25) is 4.90 Å². The number of aromatic nitrogens is 3. The molecule has 3 aromatic rings. The number of nitrogens with zero attached hydrogens (tertiary/aromatic N) is 4. The Morgan fingerprint density at radius 2 is 1.85 bits per heavy atom. The van der Waals surface area contributed by atoms with Gasteiger partial charge in [-0.25, -0.2) is 4.98 Å². The standard InChI is InChI=1S/C19H22N4O3S/c1-13-2-4-14(5-3-13)15(16-17(24)23-18(27-16)20-12-21-23)22-8-6-19(7-9-22)25-10-11-26-19/h2-5,12,15,24H,6-11H2,1H3. The average Bonchev–Trinajstić information content (AvgIpc) is 3.39. The van der Waals surface area contributed by atoms with Crippen molar-refractivity contribution in [1.29, 1.82) is 0 Å². The van der Waals surface area contributed by atoms with Crippen molar-refractivity contribution in [3.05, 3.63) is 46.6 Å². The highest BCUT2D eigenvalue weighted by Crippen LogP contribution is 2.42. The molecule has 0 radical (unpaired) electrons. The third kappa shape index (κ3) is 2.93. The number of fused-ring (bicyclic) bond motifs is 1. The quantitative estimate of drug-likeness (QED) is 0.746. The Morgan fingerprint density at radius 1 is 1.15 bits per heavy atom. The largest absolute Gasteiger partial charge is 0.492 e. The molecule has 2 aromatic heterocycles. The van der Waals surface area contributed by atoms with Crippen LogP contribution in [0.3, 0.4) is 0 Å². The molecule has 7 nitrogen and oxygen atoms in total. The Morgan fingerprint density at radius 3 is 2.52 bits per heavy atom. The lowest BCUT2D eigenvalue weighted by Crippen LogP contribution is -2.46. The molecule has 1 aromatic carbocycles. The molecule has 27 heavy (non-hydrogen) atoms. The summed E-state index contributed by atoms with van der Waals surface area (Å²) in [6.07, 6.45) is 3.13. The van der Waals surface area contributed by atoms with Gasteiger partial charge in [-0.1, -0.05) is 41.2 Å². The van der Waals surface area contributed by atoms with Crippen LogP contribution in [-0.4, -0.2) is 56.7 Å². The van der Waals surface area contributed by atoms with Crippen molar-refractivity contribution in [3.63, 3.8) is 0 Å². The maximum absolute atomic E-state index is 10.8. The van der Waals surface area contributed by atoms with Crippen molar-refractivity contribution >= 4 is 16.3 Å². The highest BCUT2D eigenvalue weighted by molar-refractivity contribution is 7.17. The van der Waals surface area contributed by atoms with E-state index in [1.807, 2.05) is 0 Å². The normalized spacial score (nSPS) is 21.2. The van der Waals surface area contributed by atoms with Crippen molar-refractivity contribution in [1.82, 2.24) is 19.5 Å². The zero-order valence-electron chi connectivity index (χ0n) is 15.2. The van der Waals surface area contributed by atoms with E-state index in [1.54, 1.807) is 0 Å². The van der Waals surface area contributed by atoms with E-state index in [-0.39, 0.29) is 11.9 Å². The molecule has 2 saturated heterocycles. The van der Waals surface area contributed by atoms with E-state index in [0.29, 0.717) is 18.2 Å². The van der Waals surface area contributed by atoms with Crippen LogP contribution in [0.2, 0.25) is 0 Å². The van der Waals surface area contributed by atoms with Crippen LogP contribution in [-0.2, 0) is 9.47 Å². The minimum absolute atomic E-state index is 0.0437. The molecule has 1 N–H and O–H groups in total. The second-order valence-electron chi connectivity index (χ2n) is 7.20. The lowest BCUT2D eigenvalue weighted by molar-refractivity contribution is -0.187. The number of aryl methyl sites for hydroxylation is 1. The Hall–Kier alpha value is -2.00. The summed E-state index contributed by atoms with van der Waals surface area (Å²) in [4.78, 5) is 8.22. The van der Waals surface area contributed by atoms with E-state index in [4.69, 9.17) is 9.47 Å². The maximum atomic E-state index is 10.8. The molecule has 1 unspecified atom stereocenters. The van der Waals surface area contributed by atoms with Gasteiger partial charge in [-0.05, 0) is 12.5 Å². The lowest BCUT2D eigenvalue weighted by atomic mass is 9.97. The van der Waals surface area contributed by atoms with E-state index in [1.165, 1.54) is 27.7 Å². The molecular weight excluding hydrogens is 364 g/mol. The van der Waals surface area contributed by atoms with E-state index in [9.17, 15) is 5.11 Å². The second-order valence-corrected chi connectivity index (χ2v) is 8.21. The van der Waals surface area contributed by atoms with Crippen LogP contribution in [0.25, 0.3) is 4.96 Å². The first-order chi connectivity index (χ1) is 13.2. The smallest absolute Gasteiger partial charge is 0.230 e. The minimum Gasteiger partial charge on any atom is -0.492 e. The maximum Gasteiger partial charge on any atom is 0.230 e. The molecular formula is C19H22N4O3S. The summed E-state index contributed by atoms with van der Waals surface area (Å²) in [7, 11) is 0. The van der Waals surface area contributed by atoms with Gasteiger partial charge in [0.05, 0.1) is 24.1 Å². The molecule has 0 saturated carbocycles. The number of rotatable bonds is 3. The number of likely N-dealkylation sites (tertiary alicyclic amines) is 1. The van der Waals surface area contributed by atoms with Crippen LogP contribution in [0.5, 0.6) is 5.88 Å². The van der Waals surface area contributed by atoms with Crippen LogP contribution in [0.15, 0.2) is 30.6 Å². The van der Waals surface area contributed by atoms with Crippen molar-refractivity contribution < 1.29 is 14.6 Å². The molecule has 2 aliphatic rings. The zero-order valence-corrected chi connectivity index (χ0v) is 16.0. The third-order valence-corrected chi connectivity index (χ3v) is 6.61. The van der Waals surface area contributed by atoms with Gasteiger partial charge in [0.1, 0.15) is 6.33 Å². The topological polar surface area (TPSA) is 72.1 Å². The van der Waals surface area contributed by atoms with Gasteiger partial charge in [0.2, 0.25) is 10.8 Å². The monoisotopic (exact) mass is 386 g/mol. The van der Waals surface area contributed by atoms with Gasteiger partial charge < -0.3 is 14.6 Å². The number of thiazole rings is 1. The molecule has 5 rings (SSSR count). The van der Waals surface area contributed by atoms with Gasteiger partial charge in [0, 0.05) is 25.9 Å². The molecule has 2 aliphatic heterocycles. The molecule has 1 atom stereocenters. The van der Waals surface area contributed by atoms with Crippen molar-refractivity contribution in [3.8, 4) is 5.88 Å². The highest BCUT2D eigenvalue weighted by atomic mass is 32.1. The Balaban J connectivity index is 1.51. The number of hydrogen-bond donors (Lipinski definition) is 1. The van der Waals surface area contributed by atoms with Gasteiger partial charge in [-0.15, -0.1) is 0 Å². The summed E-state index contributed by atoms with van der Waals surface area (Å²) in [6, 6.07) is 8.47. The third-order valence-electron chi connectivity index (χ3n) is 5.52. The Kier molecular flexibility index (Phi) is 4.16. The molecule has 0 bridgehead atoms. The summed E-state index contributed by atoms with van der Waals surface area (Å²) in [6.45, 7) is 5.11. The summed E-state index contributed by atoms with van der Waals surface area (Å²) in [5.74, 6) is -0.242. The molecule has 0 amide bonds. The predicted octanol–water partition coefficient (Wildman–Crippen LogP) is 2.73. The molecule has 2 fully saturated rings. The summed E-state index contributed by atoms with van der Waals surface area (Å²) in [5.41, 5.74) is 2.37.